The van der Waals surface area contributed by atoms with Gasteiger partial charge in [0, 0.05) is 13.6 Å². The molecule has 1 atom stereocenters. The fourth-order valence-corrected chi connectivity index (χ4v) is 6.44. The van der Waals surface area contributed by atoms with Gasteiger partial charge in [0.15, 0.2) is 10.8 Å². The van der Waals surface area contributed by atoms with E-state index in [4.69, 9.17) is 5.10 Å². The maximum Gasteiger partial charge on any atom is 0.267 e. The van der Waals surface area contributed by atoms with Crippen molar-refractivity contribution in [3.63, 3.8) is 0 Å². The van der Waals surface area contributed by atoms with Gasteiger partial charge in [0.25, 0.3) is 5.91 Å². The lowest BCUT2D eigenvalue weighted by molar-refractivity contribution is 0.0861. The van der Waals surface area contributed by atoms with E-state index in [0.717, 1.165) is 16.7 Å². The highest BCUT2D eigenvalue weighted by Crippen LogP contribution is 2.37. The van der Waals surface area contributed by atoms with Crippen molar-refractivity contribution in [3.05, 3.63) is 96.1 Å². The average Bonchev–Trinajstić information content (AvgIpc) is 3.50. The quantitative estimate of drug-likeness (QED) is 0.403. The molecule has 4 aromatic rings. The average molecular weight is 512 g/mol. The summed E-state index contributed by atoms with van der Waals surface area (Å²) in [5.74, 6) is 0.395. The van der Waals surface area contributed by atoms with Crippen LogP contribution in [-0.2, 0) is 16.4 Å². The minimum absolute atomic E-state index is 0.0407. The Balaban J connectivity index is 1.48. The molecule has 0 unspecified atom stereocenters. The van der Waals surface area contributed by atoms with Crippen LogP contribution < -0.4 is 4.90 Å². The SMILES string of the molecule is C[C@@H]1CN2C(=N1)N(C)C(=O)c1c2nn(Cc2ccc(-c3ccccc3)cc2)c1S(=O)(=O)c1ccccc1. The largest absolute Gasteiger partial charge is 0.292 e. The van der Waals surface area contributed by atoms with Gasteiger partial charge >= 0.3 is 0 Å². The van der Waals surface area contributed by atoms with E-state index in [9.17, 15) is 13.2 Å². The van der Waals surface area contributed by atoms with E-state index in [1.54, 1.807) is 25.2 Å². The van der Waals surface area contributed by atoms with Crippen molar-refractivity contribution in [1.82, 2.24) is 14.7 Å². The number of nitrogens with zero attached hydrogens (tertiary/aromatic N) is 5. The molecule has 186 valence electrons. The zero-order valence-corrected chi connectivity index (χ0v) is 21.3. The molecule has 9 heteroatoms. The van der Waals surface area contributed by atoms with Crippen molar-refractivity contribution in [2.45, 2.75) is 29.4 Å². The molecule has 37 heavy (non-hydrogen) atoms. The summed E-state index contributed by atoms with van der Waals surface area (Å²) < 4.78 is 29.3. The van der Waals surface area contributed by atoms with Crippen molar-refractivity contribution in [1.29, 1.82) is 0 Å². The summed E-state index contributed by atoms with van der Waals surface area (Å²) in [6, 6.07) is 26.1. The number of carbonyl (C=O) groups excluding carboxylic acids is 1. The molecule has 0 aliphatic carbocycles. The molecule has 0 N–H and O–H groups in total. The van der Waals surface area contributed by atoms with Crippen molar-refractivity contribution < 1.29 is 13.2 Å². The number of rotatable bonds is 5. The fourth-order valence-electron chi connectivity index (χ4n) is 4.87. The van der Waals surface area contributed by atoms with Gasteiger partial charge in [-0.3, -0.25) is 14.6 Å². The molecule has 3 heterocycles. The first-order valence-electron chi connectivity index (χ1n) is 12.0. The molecule has 2 aliphatic heterocycles. The van der Waals surface area contributed by atoms with E-state index in [1.807, 2.05) is 66.4 Å². The number of amides is 1. The van der Waals surface area contributed by atoms with E-state index < -0.39 is 15.7 Å². The van der Waals surface area contributed by atoms with Gasteiger partial charge < -0.3 is 0 Å². The first-order chi connectivity index (χ1) is 17.8. The molecule has 0 bridgehead atoms. The summed E-state index contributed by atoms with van der Waals surface area (Å²) in [5, 5.41) is 4.61. The van der Waals surface area contributed by atoms with E-state index in [-0.39, 0.29) is 28.1 Å². The molecule has 0 spiro atoms. The predicted molar refractivity (Wildman–Crippen MR) is 141 cm³/mol. The number of aliphatic imine (C=N–C) groups is 1. The molecule has 1 aromatic heterocycles. The highest BCUT2D eigenvalue weighted by molar-refractivity contribution is 7.91. The first-order valence-corrected chi connectivity index (χ1v) is 13.5. The second-order valence-corrected chi connectivity index (χ2v) is 11.2. The van der Waals surface area contributed by atoms with Gasteiger partial charge in [0.05, 0.1) is 17.5 Å². The van der Waals surface area contributed by atoms with Gasteiger partial charge in [0.1, 0.15) is 5.56 Å². The third-order valence-corrected chi connectivity index (χ3v) is 8.50. The zero-order chi connectivity index (χ0) is 25.7. The number of aromatic nitrogens is 2. The van der Waals surface area contributed by atoms with Crippen LogP contribution in [0.2, 0.25) is 0 Å². The van der Waals surface area contributed by atoms with Crippen LogP contribution in [0.1, 0.15) is 22.8 Å². The van der Waals surface area contributed by atoms with Crippen LogP contribution in [0.15, 0.2) is 99.8 Å². The third kappa shape index (κ3) is 3.82. The number of benzene rings is 3. The van der Waals surface area contributed by atoms with Gasteiger partial charge in [-0.05, 0) is 35.7 Å². The monoisotopic (exact) mass is 511 g/mol. The number of guanidine groups is 1. The van der Waals surface area contributed by atoms with Crippen LogP contribution in [0.25, 0.3) is 11.1 Å². The standard InChI is InChI=1S/C28H25N5O3S/c1-19-17-32-25-24(26(34)31(2)28(32)29-19)27(37(35,36)23-11-7-4-8-12-23)33(30-25)18-20-13-15-22(16-14-20)21-9-5-3-6-10-21/h3-16,19H,17-18H2,1-2H3/t19-/m1/s1. The topological polar surface area (TPSA) is 87.9 Å². The van der Waals surface area contributed by atoms with Gasteiger partial charge in [-0.2, -0.15) is 5.10 Å². The van der Waals surface area contributed by atoms with Crippen molar-refractivity contribution in [3.8, 4) is 11.1 Å². The normalized spacial score (nSPS) is 17.0. The van der Waals surface area contributed by atoms with Gasteiger partial charge in [-0.15, -0.1) is 0 Å². The van der Waals surface area contributed by atoms with Crippen LogP contribution in [0.3, 0.4) is 0 Å². The molecule has 3 aromatic carbocycles. The summed E-state index contributed by atoms with van der Waals surface area (Å²) in [6.45, 7) is 2.67. The molecule has 1 amide bonds. The van der Waals surface area contributed by atoms with Crippen molar-refractivity contribution in [2.75, 3.05) is 18.5 Å². The molecular weight excluding hydrogens is 486 g/mol. The van der Waals surface area contributed by atoms with Crippen LogP contribution in [0.5, 0.6) is 0 Å². The smallest absolute Gasteiger partial charge is 0.267 e. The minimum atomic E-state index is -4.05. The summed E-state index contributed by atoms with van der Waals surface area (Å²) in [6.07, 6.45) is 0. The summed E-state index contributed by atoms with van der Waals surface area (Å²) >= 11 is 0. The Morgan fingerprint density at radius 2 is 1.51 bits per heavy atom. The molecule has 6 rings (SSSR count). The lowest BCUT2D eigenvalue weighted by atomic mass is 10.0. The Bertz CT molecular complexity index is 1630. The van der Waals surface area contributed by atoms with Crippen molar-refractivity contribution >= 4 is 27.5 Å². The predicted octanol–water partition coefficient (Wildman–Crippen LogP) is 4.08. The van der Waals surface area contributed by atoms with E-state index in [0.29, 0.717) is 18.3 Å². The van der Waals surface area contributed by atoms with Crippen LogP contribution in [-0.4, -0.2) is 54.6 Å². The first kappa shape index (κ1) is 23.2. The van der Waals surface area contributed by atoms with E-state index >= 15 is 0 Å². The second kappa shape index (κ2) is 8.70. The number of carbonyl (C=O) groups is 1. The Kier molecular flexibility index (Phi) is 5.45. The Hall–Kier alpha value is -4.24. The highest BCUT2D eigenvalue weighted by atomic mass is 32.2. The Morgan fingerprint density at radius 3 is 2.19 bits per heavy atom. The second-order valence-electron chi connectivity index (χ2n) is 9.29. The van der Waals surface area contributed by atoms with Gasteiger partial charge in [0.2, 0.25) is 15.8 Å². The lowest BCUT2D eigenvalue weighted by Gasteiger charge is -2.30. The van der Waals surface area contributed by atoms with E-state index in [2.05, 4.69) is 4.99 Å². The fraction of sp³-hybridized carbons (Fsp3) is 0.179. The summed E-state index contributed by atoms with van der Waals surface area (Å²) in [5.41, 5.74) is 3.11. The number of sulfone groups is 1. The molecule has 0 saturated carbocycles. The minimum Gasteiger partial charge on any atom is -0.292 e. The molecule has 0 radical (unpaired) electrons. The Morgan fingerprint density at radius 1 is 0.892 bits per heavy atom. The number of hydrogen-bond acceptors (Lipinski definition) is 6. The lowest BCUT2D eigenvalue weighted by Crippen LogP contribution is -2.48. The van der Waals surface area contributed by atoms with Crippen molar-refractivity contribution in [2.24, 2.45) is 4.99 Å². The number of hydrogen-bond donors (Lipinski definition) is 0. The molecule has 2 aliphatic rings. The molecule has 0 fully saturated rings. The van der Waals surface area contributed by atoms with Gasteiger partial charge in [-0.25, -0.2) is 18.1 Å². The Labute approximate surface area is 215 Å². The third-order valence-electron chi connectivity index (χ3n) is 6.69. The summed E-state index contributed by atoms with van der Waals surface area (Å²) in [7, 11) is -2.43. The number of fused-ring (bicyclic) bond motifs is 3. The molecule has 0 saturated heterocycles. The zero-order valence-electron chi connectivity index (χ0n) is 20.4. The van der Waals surface area contributed by atoms with Crippen LogP contribution >= 0.6 is 0 Å². The molecular formula is C28H25N5O3S. The highest BCUT2D eigenvalue weighted by Gasteiger charge is 2.45. The molecule has 8 nitrogen and oxygen atoms in total. The van der Waals surface area contributed by atoms with E-state index in [1.165, 1.54) is 21.7 Å². The maximum absolute atomic E-state index is 13.9. The van der Waals surface area contributed by atoms with Gasteiger partial charge in [-0.1, -0.05) is 72.8 Å². The maximum atomic E-state index is 13.9. The van der Waals surface area contributed by atoms with Crippen LogP contribution in [0, 0.1) is 0 Å². The number of anilines is 1. The summed E-state index contributed by atoms with van der Waals surface area (Å²) in [4.78, 5) is 21.5. The van der Waals surface area contributed by atoms with Crippen LogP contribution in [0.4, 0.5) is 5.82 Å².